The summed E-state index contributed by atoms with van der Waals surface area (Å²) in [6, 6.07) is 7.47. The van der Waals surface area contributed by atoms with Gasteiger partial charge in [0.1, 0.15) is 0 Å². The molecule has 2 aromatic rings. The first kappa shape index (κ1) is 9.24. The highest BCUT2D eigenvalue weighted by molar-refractivity contribution is 6.30. The monoisotopic (exact) mass is 208 g/mol. The van der Waals surface area contributed by atoms with Gasteiger partial charge in [0, 0.05) is 6.20 Å². The van der Waals surface area contributed by atoms with Crippen molar-refractivity contribution in [3.8, 4) is 5.69 Å². The fourth-order valence-electron chi connectivity index (χ4n) is 1.20. The Labute approximate surface area is 86.6 Å². The lowest BCUT2D eigenvalue weighted by Gasteiger charge is -2.01. The van der Waals surface area contributed by atoms with Crippen molar-refractivity contribution in [2.24, 2.45) is 0 Å². The summed E-state index contributed by atoms with van der Waals surface area (Å²) in [4.78, 5) is 0. The molecule has 1 aromatic carbocycles. The summed E-state index contributed by atoms with van der Waals surface area (Å²) in [7, 11) is 0. The van der Waals surface area contributed by atoms with Crippen LogP contribution in [0.2, 0.25) is 5.02 Å². The summed E-state index contributed by atoms with van der Waals surface area (Å²) in [5, 5.41) is 13.5. The largest absolute Gasteiger partial charge is 0.392 e. The molecule has 1 aromatic heterocycles. The van der Waals surface area contributed by atoms with Crippen molar-refractivity contribution in [2.75, 3.05) is 0 Å². The molecule has 0 aliphatic heterocycles. The summed E-state index contributed by atoms with van der Waals surface area (Å²) in [5.74, 6) is 0. The van der Waals surface area contributed by atoms with Gasteiger partial charge in [0.15, 0.2) is 0 Å². The van der Waals surface area contributed by atoms with E-state index in [0.717, 1.165) is 11.3 Å². The molecule has 1 N–H and O–H groups in total. The minimum absolute atomic E-state index is 0.0557. The lowest BCUT2D eigenvalue weighted by Crippen LogP contribution is -1.94. The molecule has 0 radical (unpaired) electrons. The molecule has 0 amide bonds. The molecule has 0 aliphatic rings. The Bertz CT molecular complexity index is 422. The number of aromatic nitrogens is 2. The quantitative estimate of drug-likeness (QED) is 0.820. The summed E-state index contributed by atoms with van der Waals surface area (Å²) < 4.78 is 1.68. The van der Waals surface area contributed by atoms with Gasteiger partial charge >= 0.3 is 0 Å². The highest BCUT2D eigenvalue weighted by atomic mass is 35.5. The van der Waals surface area contributed by atoms with Crippen molar-refractivity contribution >= 4 is 11.6 Å². The second kappa shape index (κ2) is 3.82. The first-order valence-electron chi connectivity index (χ1n) is 4.20. The van der Waals surface area contributed by atoms with E-state index in [1.54, 1.807) is 17.1 Å². The minimum atomic E-state index is 0.0557. The summed E-state index contributed by atoms with van der Waals surface area (Å²) in [6.07, 6.45) is 3.32. The topological polar surface area (TPSA) is 38.0 Å². The Morgan fingerprint density at radius 1 is 1.29 bits per heavy atom. The molecule has 0 saturated heterocycles. The predicted octanol–water partition coefficient (Wildman–Crippen LogP) is 2.02. The van der Waals surface area contributed by atoms with E-state index >= 15 is 0 Å². The van der Waals surface area contributed by atoms with Crippen LogP contribution in [0.4, 0.5) is 0 Å². The third-order valence-corrected chi connectivity index (χ3v) is 2.13. The zero-order valence-electron chi connectivity index (χ0n) is 7.39. The average Bonchev–Trinajstić information content (AvgIpc) is 2.65. The van der Waals surface area contributed by atoms with E-state index in [1.165, 1.54) is 0 Å². The Kier molecular flexibility index (Phi) is 2.52. The van der Waals surface area contributed by atoms with E-state index in [9.17, 15) is 0 Å². The summed E-state index contributed by atoms with van der Waals surface area (Å²) >= 11 is 5.75. The Morgan fingerprint density at radius 2 is 2.00 bits per heavy atom. The van der Waals surface area contributed by atoms with Gasteiger partial charge in [-0.1, -0.05) is 23.7 Å². The van der Waals surface area contributed by atoms with Crippen LogP contribution in [0.1, 0.15) is 5.56 Å². The maximum Gasteiger partial charge on any atom is 0.0790 e. The van der Waals surface area contributed by atoms with Crippen molar-refractivity contribution in [1.82, 2.24) is 9.78 Å². The predicted molar refractivity (Wildman–Crippen MR) is 54.5 cm³/mol. The lowest BCUT2D eigenvalue weighted by atomic mass is 10.2. The van der Waals surface area contributed by atoms with Gasteiger partial charge in [0.05, 0.1) is 23.5 Å². The number of nitrogens with zero attached hydrogens (tertiary/aromatic N) is 2. The van der Waals surface area contributed by atoms with E-state index in [2.05, 4.69) is 5.10 Å². The average molecular weight is 209 g/mol. The van der Waals surface area contributed by atoms with Crippen LogP contribution in [0.25, 0.3) is 5.69 Å². The molecule has 4 heteroatoms. The van der Waals surface area contributed by atoms with Gasteiger partial charge in [0.25, 0.3) is 0 Å². The van der Waals surface area contributed by atoms with Crippen molar-refractivity contribution in [2.45, 2.75) is 6.61 Å². The molecular formula is C10H9ClN2O. The molecular weight excluding hydrogens is 200 g/mol. The number of hydrogen-bond donors (Lipinski definition) is 1. The van der Waals surface area contributed by atoms with Gasteiger partial charge in [-0.2, -0.15) is 5.10 Å². The van der Waals surface area contributed by atoms with Crippen LogP contribution in [0.5, 0.6) is 0 Å². The standard InChI is InChI=1S/C10H9ClN2O/c11-9-5-12-13(6-9)10-3-1-8(7-14)2-4-10/h1-6,14H,7H2. The van der Waals surface area contributed by atoms with Gasteiger partial charge in [-0.3, -0.25) is 0 Å². The smallest absolute Gasteiger partial charge is 0.0790 e. The summed E-state index contributed by atoms with van der Waals surface area (Å²) in [5.41, 5.74) is 1.81. The van der Waals surface area contributed by atoms with E-state index in [-0.39, 0.29) is 6.61 Å². The van der Waals surface area contributed by atoms with Gasteiger partial charge in [0.2, 0.25) is 0 Å². The molecule has 0 atom stereocenters. The summed E-state index contributed by atoms with van der Waals surface area (Å²) in [6.45, 7) is 0.0557. The maximum absolute atomic E-state index is 8.86. The van der Waals surface area contributed by atoms with Gasteiger partial charge in [-0.15, -0.1) is 0 Å². The lowest BCUT2D eigenvalue weighted by molar-refractivity contribution is 0.282. The fourth-order valence-corrected chi connectivity index (χ4v) is 1.33. The number of halogens is 1. The van der Waals surface area contributed by atoms with Crippen LogP contribution in [0.15, 0.2) is 36.7 Å². The molecule has 0 saturated carbocycles. The zero-order valence-corrected chi connectivity index (χ0v) is 8.15. The number of hydrogen-bond acceptors (Lipinski definition) is 2. The van der Waals surface area contributed by atoms with Crippen molar-refractivity contribution in [1.29, 1.82) is 0 Å². The van der Waals surface area contributed by atoms with Gasteiger partial charge < -0.3 is 5.11 Å². The van der Waals surface area contributed by atoms with E-state index in [1.807, 2.05) is 24.3 Å². The first-order chi connectivity index (χ1) is 6.79. The maximum atomic E-state index is 8.86. The molecule has 0 bridgehead atoms. The second-order valence-corrected chi connectivity index (χ2v) is 3.36. The fraction of sp³-hybridized carbons (Fsp3) is 0.100. The van der Waals surface area contributed by atoms with Crippen molar-refractivity contribution < 1.29 is 5.11 Å². The molecule has 0 unspecified atom stereocenters. The highest BCUT2D eigenvalue weighted by Gasteiger charge is 1.98. The van der Waals surface area contributed by atoms with E-state index < -0.39 is 0 Å². The molecule has 72 valence electrons. The van der Waals surface area contributed by atoms with Gasteiger partial charge in [-0.25, -0.2) is 4.68 Å². The van der Waals surface area contributed by atoms with Crippen LogP contribution >= 0.6 is 11.6 Å². The Balaban J connectivity index is 2.33. The minimum Gasteiger partial charge on any atom is -0.392 e. The van der Waals surface area contributed by atoms with Gasteiger partial charge in [-0.05, 0) is 17.7 Å². The first-order valence-corrected chi connectivity index (χ1v) is 4.58. The Hall–Kier alpha value is -1.32. The van der Waals surface area contributed by atoms with E-state index in [0.29, 0.717) is 5.02 Å². The SMILES string of the molecule is OCc1ccc(-n2cc(Cl)cn2)cc1. The number of benzene rings is 1. The third-order valence-electron chi connectivity index (χ3n) is 1.93. The number of aliphatic hydroxyl groups excluding tert-OH is 1. The van der Waals surface area contributed by atoms with Crippen molar-refractivity contribution in [3.05, 3.63) is 47.2 Å². The number of aliphatic hydroxyl groups is 1. The normalized spacial score (nSPS) is 10.4. The Morgan fingerprint density at radius 3 is 2.50 bits per heavy atom. The van der Waals surface area contributed by atoms with E-state index in [4.69, 9.17) is 16.7 Å². The second-order valence-electron chi connectivity index (χ2n) is 2.93. The molecule has 2 rings (SSSR count). The molecule has 3 nitrogen and oxygen atoms in total. The van der Waals surface area contributed by atoms with Crippen LogP contribution < -0.4 is 0 Å². The highest BCUT2D eigenvalue weighted by Crippen LogP contribution is 2.12. The molecule has 0 spiro atoms. The van der Waals surface area contributed by atoms with Crippen LogP contribution in [-0.2, 0) is 6.61 Å². The van der Waals surface area contributed by atoms with Crippen LogP contribution in [-0.4, -0.2) is 14.9 Å². The third kappa shape index (κ3) is 1.78. The van der Waals surface area contributed by atoms with Crippen molar-refractivity contribution in [3.63, 3.8) is 0 Å². The molecule has 0 aliphatic carbocycles. The van der Waals surface area contributed by atoms with Crippen LogP contribution in [0.3, 0.4) is 0 Å². The zero-order chi connectivity index (χ0) is 9.97. The molecule has 0 fully saturated rings. The van der Waals surface area contributed by atoms with Crippen LogP contribution in [0, 0.1) is 0 Å². The molecule has 14 heavy (non-hydrogen) atoms. The molecule has 1 heterocycles. The number of rotatable bonds is 2.